The molecule has 7 aromatic rings. The molecule has 0 spiro atoms. The summed E-state index contributed by atoms with van der Waals surface area (Å²) in [6.45, 7) is 17.1. The largest absolute Gasteiger partial charge is 0.304 e. The molecule has 0 fully saturated rings. The second-order valence-corrected chi connectivity index (χ2v) is 18.6. The molecule has 3 aliphatic heterocycles. The fourth-order valence-corrected chi connectivity index (χ4v) is 9.98. The summed E-state index contributed by atoms with van der Waals surface area (Å²) < 4.78 is 0. The summed E-state index contributed by atoms with van der Waals surface area (Å²) in [7, 11) is 0. The van der Waals surface area contributed by atoms with Crippen LogP contribution >= 0.6 is 0 Å². The Morgan fingerprint density at radius 1 is 0.328 bits per heavy atom. The second kappa shape index (κ2) is 12.8. The molecule has 0 bridgehead atoms. The van der Waals surface area contributed by atoms with E-state index in [0.717, 1.165) is 71.5 Å². The van der Waals surface area contributed by atoms with E-state index in [1.807, 2.05) is 26.0 Å². The predicted octanol–water partition coefficient (Wildman–Crippen LogP) is 9.43. The molecule has 7 nitrogen and oxygen atoms in total. The highest BCUT2D eigenvalue weighted by Gasteiger charge is 2.37. The first-order valence-electron chi connectivity index (χ1n) is 21.2. The molecule has 7 aromatic carbocycles. The van der Waals surface area contributed by atoms with Crippen LogP contribution < -0.4 is 37.0 Å². The fourth-order valence-electron chi connectivity index (χ4n) is 9.98. The number of hydrogen-bond acceptors (Lipinski definition) is 7. The second-order valence-electron chi connectivity index (χ2n) is 18.6. The summed E-state index contributed by atoms with van der Waals surface area (Å²) in [6.07, 6.45) is 0. The normalized spacial score (nSPS) is 17.2. The maximum Gasteiger partial charge on any atom is 0.146 e. The predicted molar refractivity (Wildman–Crippen MR) is 244 cm³/mol. The van der Waals surface area contributed by atoms with E-state index in [9.17, 15) is 0 Å². The SMILES string of the molecule is CC1(C)N=c2cccc(N(c3ccc(-c4ccccc4)c4c3=NC(C)(C)N=4)c3ccc(-c4ccc(-c5cccc6c5C(C)(C)c5ccccc5-6)cc4)c4c3=NC(C)(C)N=4)c2=N1. The van der Waals surface area contributed by atoms with E-state index in [2.05, 4.69) is 174 Å². The lowest BCUT2D eigenvalue weighted by atomic mass is 9.79. The molecule has 0 saturated heterocycles. The smallest absolute Gasteiger partial charge is 0.146 e. The van der Waals surface area contributed by atoms with Gasteiger partial charge in [0.05, 0.1) is 33.1 Å². The number of para-hydroxylation sites is 1. The van der Waals surface area contributed by atoms with Gasteiger partial charge in [-0.3, -0.25) is 30.0 Å². The van der Waals surface area contributed by atoms with Crippen LogP contribution in [0.15, 0.2) is 169 Å². The molecule has 61 heavy (non-hydrogen) atoms. The van der Waals surface area contributed by atoms with Crippen molar-refractivity contribution in [1.82, 2.24) is 0 Å². The lowest BCUT2D eigenvalue weighted by molar-refractivity contribution is 0.549. The minimum atomic E-state index is -0.675. The zero-order chi connectivity index (χ0) is 42.1. The van der Waals surface area contributed by atoms with E-state index in [-0.39, 0.29) is 5.41 Å². The Labute approximate surface area is 355 Å². The summed E-state index contributed by atoms with van der Waals surface area (Å²) in [5, 5.41) is 5.10. The van der Waals surface area contributed by atoms with Crippen molar-refractivity contribution in [3.05, 3.63) is 183 Å². The van der Waals surface area contributed by atoms with Gasteiger partial charge in [0, 0.05) is 16.5 Å². The van der Waals surface area contributed by atoms with Gasteiger partial charge in [0.2, 0.25) is 0 Å². The molecular weight excluding hydrogens is 747 g/mol. The van der Waals surface area contributed by atoms with Gasteiger partial charge >= 0.3 is 0 Å². The van der Waals surface area contributed by atoms with Crippen LogP contribution in [0.3, 0.4) is 0 Å². The molecule has 0 radical (unpaired) electrons. The van der Waals surface area contributed by atoms with Crippen molar-refractivity contribution in [3.63, 3.8) is 0 Å². The van der Waals surface area contributed by atoms with Crippen molar-refractivity contribution < 1.29 is 0 Å². The molecule has 7 heteroatoms. The number of nitrogens with zero attached hydrogens (tertiary/aromatic N) is 7. The van der Waals surface area contributed by atoms with Crippen LogP contribution in [-0.2, 0) is 5.41 Å². The molecular formula is C54H47N7. The van der Waals surface area contributed by atoms with E-state index in [1.165, 1.54) is 33.4 Å². The Kier molecular flexibility index (Phi) is 7.81. The van der Waals surface area contributed by atoms with Crippen molar-refractivity contribution in [2.24, 2.45) is 30.0 Å². The molecule has 0 atom stereocenters. The molecule has 0 saturated carbocycles. The van der Waals surface area contributed by atoms with E-state index >= 15 is 0 Å². The van der Waals surface area contributed by atoms with Gasteiger partial charge in [-0.15, -0.1) is 0 Å². The first kappa shape index (κ1) is 37.2. The zero-order valence-corrected chi connectivity index (χ0v) is 35.9. The minimum absolute atomic E-state index is 0.106. The molecule has 0 N–H and O–H groups in total. The number of benzene rings is 7. The van der Waals surface area contributed by atoms with E-state index in [0.29, 0.717) is 0 Å². The molecule has 1 aliphatic carbocycles. The summed E-state index contributed by atoms with van der Waals surface area (Å²) in [4.78, 5) is 33.7. The molecule has 0 unspecified atom stereocenters. The zero-order valence-electron chi connectivity index (χ0n) is 35.9. The first-order chi connectivity index (χ1) is 29.2. The summed E-state index contributed by atoms with van der Waals surface area (Å²) in [5.74, 6) is 0. The Bertz CT molecular complexity index is 3420. The highest BCUT2D eigenvalue weighted by molar-refractivity contribution is 5.88. The highest BCUT2D eigenvalue weighted by Crippen LogP contribution is 2.52. The summed E-state index contributed by atoms with van der Waals surface area (Å²) in [6, 6.07) is 50.0. The third-order valence-corrected chi connectivity index (χ3v) is 12.5. The van der Waals surface area contributed by atoms with Crippen molar-refractivity contribution in [2.45, 2.75) is 77.8 Å². The van der Waals surface area contributed by atoms with Gasteiger partial charge in [-0.1, -0.05) is 117 Å². The van der Waals surface area contributed by atoms with Crippen LogP contribution in [0.1, 0.15) is 66.5 Å². The maximum atomic E-state index is 5.38. The topological polar surface area (TPSA) is 77.4 Å². The third kappa shape index (κ3) is 5.85. The fraction of sp³-hybridized carbons (Fsp3) is 0.222. The lowest BCUT2D eigenvalue weighted by Gasteiger charge is -2.26. The third-order valence-electron chi connectivity index (χ3n) is 12.5. The highest BCUT2D eigenvalue weighted by atomic mass is 15.2. The molecule has 4 aliphatic rings. The molecule has 11 rings (SSSR count). The van der Waals surface area contributed by atoms with Crippen LogP contribution in [0.5, 0.6) is 0 Å². The minimum Gasteiger partial charge on any atom is -0.304 e. The standard InChI is InChI=1S/C54H47N7/c1-51(2)40-21-13-12-18-38(40)39-20-14-19-35(45(39)51)33-24-26-34(27-25-33)37-29-31-44(50-47(37)57-54(7,8)60-50)61(42-23-15-22-41-48(42)58-52(3,4)55-41)43-30-28-36(32-16-10-9-11-17-32)46-49(43)59-53(5,6)56-46/h9-31H,1-8H3. The number of fused-ring (bicyclic) bond motifs is 6. The van der Waals surface area contributed by atoms with Crippen LogP contribution in [0.25, 0.3) is 44.5 Å². The average Bonchev–Trinajstić information content (AvgIpc) is 3.93. The quantitative estimate of drug-likeness (QED) is 0.165. The monoisotopic (exact) mass is 793 g/mol. The van der Waals surface area contributed by atoms with Crippen LogP contribution in [-0.4, -0.2) is 17.0 Å². The van der Waals surface area contributed by atoms with E-state index < -0.39 is 17.0 Å². The molecule has 3 heterocycles. The first-order valence-corrected chi connectivity index (χ1v) is 21.2. The van der Waals surface area contributed by atoms with Crippen molar-refractivity contribution >= 4 is 17.1 Å². The Balaban J connectivity index is 1.10. The Hall–Kier alpha value is -6.86. The van der Waals surface area contributed by atoms with Crippen molar-refractivity contribution in [1.29, 1.82) is 0 Å². The number of rotatable bonds is 6. The van der Waals surface area contributed by atoms with Gasteiger partial charge in [0.25, 0.3) is 0 Å². The van der Waals surface area contributed by atoms with Gasteiger partial charge < -0.3 is 4.90 Å². The van der Waals surface area contributed by atoms with Gasteiger partial charge in [0.1, 0.15) is 33.1 Å². The van der Waals surface area contributed by atoms with Crippen molar-refractivity contribution in [3.8, 4) is 44.5 Å². The van der Waals surface area contributed by atoms with E-state index in [1.54, 1.807) is 0 Å². The van der Waals surface area contributed by atoms with Gasteiger partial charge in [0.15, 0.2) is 0 Å². The average molecular weight is 794 g/mol. The van der Waals surface area contributed by atoms with Crippen LogP contribution in [0, 0.1) is 0 Å². The summed E-state index contributed by atoms with van der Waals surface area (Å²) in [5.41, 5.74) is 12.8. The van der Waals surface area contributed by atoms with Crippen LogP contribution in [0.2, 0.25) is 0 Å². The van der Waals surface area contributed by atoms with Gasteiger partial charge in [-0.25, -0.2) is 0 Å². The van der Waals surface area contributed by atoms with Gasteiger partial charge in [-0.2, -0.15) is 0 Å². The van der Waals surface area contributed by atoms with Gasteiger partial charge in [-0.05, 0) is 122 Å². The number of anilines is 3. The lowest BCUT2D eigenvalue weighted by Crippen LogP contribution is -2.38. The Morgan fingerprint density at radius 3 is 1.43 bits per heavy atom. The molecule has 0 amide bonds. The van der Waals surface area contributed by atoms with E-state index in [4.69, 9.17) is 30.0 Å². The molecule has 0 aromatic heterocycles. The number of hydrogen-bond donors (Lipinski definition) is 0. The molecule has 298 valence electrons. The van der Waals surface area contributed by atoms with Crippen molar-refractivity contribution in [2.75, 3.05) is 4.90 Å². The van der Waals surface area contributed by atoms with Crippen LogP contribution in [0.4, 0.5) is 17.1 Å². The maximum absolute atomic E-state index is 5.38. The Morgan fingerprint density at radius 2 is 0.787 bits per heavy atom. The summed E-state index contributed by atoms with van der Waals surface area (Å²) >= 11 is 0.